The summed E-state index contributed by atoms with van der Waals surface area (Å²) in [6, 6.07) is 21.4. The molecular formula is C30H28BrN5O3. The van der Waals surface area contributed by atoms with Crippen LogP contribution in [-0.2, 0) is 11.2 Å². The topological polar surface area (TPSA) is 109 Å². The van der Waals surface area contributed by atoms with Crippen LogP contribution in [0.1, 0.15) is 24.0 Å². The molecule has 1 amide bonds. The number of nitrogens with one attached hydrogen (secondary N) is 2. The molecule has 0 aliphatic rings. The summed E-state index contributed by atoms with van der Waals surface area (Å²) in [6.07, 6.45) is 5.79. The van der Waals surface area contributed by atoms with Crippen LogP contribution in [0.5, 0.6) is 11.5 Å². The van der Waals surface area contributed by atoms with Gasteiger partial charge in [-0.25, -0.2) is 9.97 Å². The number of nitrogens with zero attached hydrogens (tertiary/aromatic N) is 3. The summed E-state index contributed by atoms with van der Waals surface area (Å²) >= 11 is 3.56. The summed E-state index contributed by atoms with van der Waals surface area (Å²) in [7, 11) is 3.15. The zero-order valence-corrected chi connectivity index (χ0v) is 23.3. The molecule has 39 heavy (non-hydrogen) atoms. The van der Waals surface area contributed by atoms with Gasteiger partial charge < -0.3 is 20.1 Å². The van der Waals surface area contributed by atoms with Crippen LogP contribution in [0.4, 0.5) is 11.5 Å². The number of aryl methyl sites for hydroxylation is 1. The van der Waals surface area contributed by atoms with E-state index in [9.17, 15) is 10.1 Å². The molecule has 0 unspecified atom stereocenters. The fraction of sp³-hybridized carbons (Fsp3) is 0.200. The lowest BCUT2D eigenvalue weighted by molar-refractivity contribution is -0.117. The van der Waals surface area contributed by atoms with Gasteiger partial charge in [-0.2, -0.15) is 5.26 Å². The number of fused-ring (bicyclic) bond motifs is 1. The number of rotatable bonds is 11. The molecule has 0 spiro atoms. The van der Waals surface area contributed by atoms with Gasteiger partial charge in [0.1, 0.15) is 23.8 Å². The molecule has 0 atom stereocenters. The fourth-order valence-corrected chi connectivity index (χ4v) is 4.53. The van der Waals surface area contributed by atoms with Gasteiger partial charge >= 0.3 is 0 Å². The van der Waals surface area contributed by atoms with Gasteiger partial charge in [-0.05, 0) is 54.7 Å². The first-order valence-corrected chi connectivity index (χ1v) is 13.2. The predicted molar refractivity (Wildman–Crippen MR) is 156 cm³/mol. The summed E-state index contributed by atoms with van der Waals surface area (Å²) < 4.78 is 11.5. The van der Waals surface area contributed by atoms with Gasteiger partial charge in [0, 0.05) is 28.2 Å². The van der Waals surface area contributed by atoms with Crippen LogP contribution >= 0.6 is 15.9 Å². The minimum absolute atomic E-state index is 0.0438. The molecule has 0 aliphatic heterocycles. The average molecular weight is 586 g/mol. The SMILES string of the molecule is COc1cc2ncnc(Nc3ccc(/C=C(\C#N)C(=O)NCCCCc4ccccc4)c(Br)c3)c2cc1OC. The van der Waals surface area contributed by atoms with E-state index in [-0.39, 0.29) is 11.5 Å². The number of aromatic nitrogens is 2. The predicted octanol–water partition coefficient (Wildman–Crippen LogP) is 6.20. The number of hydrogen-bond acceptors (Lipinski definition) is 7. The Balaban J connectivity index is 1.41. The number of carbonyl (C=O) groups is 1. The molecule has 8 nitrogen and oxygen atoms in total. The van der Waals surface area contributed by atoms with Crippen molar-refractivity contribution in [1.82, 2.24) is 15.3 Å². The maximum Gasteiger partial charge on any atom is 0.261 e. The van der Waals surface area contributed by atoms with Crippen LogP contribution in [0.25, 0.3) is 17.0 Å². The molecule has 4 rings (SSSR count). The van der Waals surface area contributed by atoms with Crippen molar-refractivity contribution in [2.45, 2.75) is 19.3 Å². The molecule has 0 fully saturated rings. The summed E-state index contributed by atoms with van der Waals surface area (Å²) in [6.45, 7) is 0.512. The maximum absolute atomic E-state index is 12.6. The second kappa shape index (κ2) is 13.4. The minimum atomic E-state index is -0.386. The molecular weight excluding hydrogens is 558 g/mol. The van der Waals surface area contributed by atoms with E-state index in [2.05, 4.69) is 48.7 Å². The third-order valence-corrected chi connectivity index (χ3v) is 6.78. The van der Waals surface area contributed by atoms with E-state index in [4.69, 9.17) is 9.47 Å². The van der Waals surface area contributed by atoms with E-state index in [1.807, 2.05) is 48.5 Å². The zero-order chi connectivity index (χ0) is 27.6. The van der Waals surface area contributed by atoms with E-state index in [1.165, 1.54) is 11.9 Å². The molecule has 4 aromatic rings. The molecule has 9 heteroatoms. The van der Waals surface area contributed by atoms with Gasteiger partial charge in [-0.1, -0.05) is 52.3 Å². The van der Waals surface area contributed by atoms with Crippen molar-refractivity contribution in [3.8, 4) is 17.6 Å². The average Bonchev–Trinajstić information content (AvgIpc) is 2.96. The van der Waals surface area contributed by atoms with Gasteiger partial charge in [0.2, 0.25) is 0 Å². The maximum atomic E-state index is 12.6. The first kappa shape index (κ1) is 27.6. The van der Waals surface area contributed by atoms with Crippen LogP contribution in [0.3, 0.4) is 0 Å². The quantitative estimate of drug-likeness (QED) is 0.122. The summed E-state index contributed by atoms with van der Waals surface area (Å²) in [5.41, 5.74) is 3.48. The Labute approximate surface area is 235 Å². The number of anilines is 2. The summed E-state index contributed by atoms with van der Waals surface area (Å²) in [4.78, 5) is 21.3. The zero-order valence-electron chi connectivity index (χ0n) is 21.7. The lowest BCUT2D eigenvalue weighted by Gasteiger charge is -2.12. The number of halogens is 1. The van der Waals surface area contributed by atoms with Crippen molar-refractivity contribution in [3.05, 3.63) is 88.2 Å². The van der Waals surface area contributed by atoms with Crippen molar-refractivity contribution in [2.75, 3.05) is 26.1 Å². The second-order valence-electron chi connectivity index (χ2n) is 8.68. The van der Waals surface area contributed by atoms with Crippen molar-refractivity contribution in [3.63, 3.8) is 0 Å². The number of unbranched alkanes of at least 4 members (excludes halogenated alkanes) is 1. The number of carbonyl (C=O) groups excluding carboxylic acids is 1. The normalized spacial score (nSPS) is 11.1. The minimum Gasteiger partial charge on any atom is -0.493 e. The molecule has 0 aliphatic carbocycles. The molecule has 0 bridgehead atoms. The van der Waals surface area contributed by atoms with E-state index >= 15 is 0 Å². The van der Waals surface area contributed by atoms with Gasteiger partial charge in [0.15, 0.2) is 11.5 Å². The highest BCUT2D eigenvalue weighted by Gasteiger charge is 2.13. The highest BCUT2D eigenvalue weighted by Crippen LogP contribution is 2.35. The number of methoxy groups -OCH3 is 2. The lowest BCUT2D eigenvalue weighted by Crippen LogP contribution is -2.25. The third-order valence-electron chi connectivity index (χ3n) is 6.09. The van der Waals surface area contributed by atoms with Crippen LogP contribution in [-0.4, -0.2) is 36.6 Å². The van der Waals surface area contributed by atoms with Crippen molar-refractivity contribution in [2.24, 2.45) is 0 Å². The van der Waals surface area contributed by atoms with Crippen LogP contribution in [0.15, 0.2) is 77.0 Å². The number of hydrogen-bond donors (Lipinski definition) is 2. The first-order valence-electron chi connectivity index (χ1n) is 12.4. The third kappa shape index (κ3) is 7.12. The van der Waals surface area contributed by atoms with Gasteiger partial charge in [-0.3, -0.25) is 4.79 Å². The Kier molecular flexibility index (Phi) is 9.48. The van der Waals surface area contributed by atoms with E-state index < -0.39 is 0 Å². The van der Waals surface area contributed by atoms with Crippen LogP contribution in [0, 0.1) is 11.3 Å². The monoisotopic (exact) mass is 585 g/mol. The number of amides is 1. The largest absolute Gasteiger partial charge is 0.493 e. The standard InChI is InChI=1S/C30H28BrN5O3/c1-38-27-16-24-26(17-28(27)39-2)34-19-35-29(24)36-23-12-11-21(25(31)15-23)14-22(18-32)30(37)33-13-7-6-10-20-8-4-3-5-9-20/h3-5,8-9,11-12,14-17,19H,6-7,10,13H2,1-2H3,(H,33,37)(H,34,35,36)/b22-14+. The second-order valence-corrected chi connectivity index (χ2v) is 9.53. The molecule has 0 saturated carbocycles. The molecule has 198 valence electrons. The Morgan fingerprint density at radius 1 is 1.03 bits per heavy atom. The van der Waals surface area contributed by atoms with E-state index in [0.717, 1.165) is 30.3 Å². The Bertz CT molecular complexity index is 1530. The molecule has 1 heterocycles. The summed E-state index contributed by atoms with van der Waals surface area (Å²) in [5, 5.41) is 16.5. The number of benzene rings is 3. The molecule has 3 aromatic carbocycles. The lowest BCUT2D eigenvalue weighted by atomic mass is 10.1. The van der Waals surface area contributed by atoms with Crippen LogP contribution in [0.2, 0.25) is 0 Å². The van der Waals surface area contributed by atoms with Gasteiger partial charge in [0.25, 0.3) is 5.91 Å². The number of nitriles is 1. The number of ether oxygens (including phenoxy) is 2. The first-order chi connectivity index (χ1) is 19.0. The van der Waals surface area contributed by atoms with Gasteiger partial charge in [-0.15, -0.1) is 0 Å². The molecule has 0 radical (unpaired) electrons. The van der Waals surface area contributed by atoms with E-state index in [1.54, 1.807) is 26.4 Å². The Hall–Kier alpha value is -4.42. The van der Waals surface area contributed by atoms with Crippen molar-refractivity contribution in [1.29, 1.82) is 5.26 Å². The Morgan fingerprint density at radius 2 is 1.79 bits per heavy atom. The highest BCUT2D eigenvalue weighted by molar-refractivity contribution is 9.10. The Morgan fingerprint density at radius 3 is 2.51 bits per heavy atom. The van der Waals surface area contributed by atoms with Crippen molar-refractivity contribution < 1.29 is 14.3 Å². The molecule has 1 aromatic heterocycles. The highest BCUT2D eigenvalue weighted by atomic mass is 79.9. The van der Waals surface area contributed by atoms with Crippen molar-refractivity contribution >= 4 is 50.3 Å². The van der Waals surface area contributed by atoms with Gasteiger partial charge in [0.05, 0.1) is 19.7 Å². The smallest absolute Gasteiger partial charge is 0.261 e. The fourth-order valence-electron chi connectivity index (χ4n) is 4.04. The van der Waals surface area contributed by atoms with E-state index in [0.29, 0.717) is 39.4 Å². The van der Waals surface area contributed by atoms with Crippen LogP contribution < -0.4 is 20.1 Å². The molecule has 2 N–H and O–H groups in total. The summed E-state index contributed by atoms with van der Waals surface area (Å²) in [5.74, 6) is 1.37. The molecule has 0 saturated heterocycles.